The van der Waals surface area contributed by atoms with Crippen LogP contribution in [0.25, 0.3) is 0 Å². The zero-order valence-corrected chi connectivity index (χ0v) is 11.5. The highest BCUT2D eigenvalue weighted by molar-refractivity contribution is 4.86. The molecule has 4 heteroatoms. The molecular formula is C13H27N3O. The predicted molar refractivity (Wildman–Crippen MR) is 70.3 cm³/mol. The van der Waals surface area contributed by atoms with Crippen molar-refractivity contribution in [3.8, 4) is 0 Å². The maximum Gasteiger partial charge on any atom is 0.0715 e. The van der Waals surface area contributed by atoms with Gasteiger partial charge in [-0.15, -0.1) is 0 Å². The summed E-state index contributed by atoms with van der Waals surface area (Å²) in [5.41, 5.74) is 0. The van der Waals surface area contributed by atoms with Crippen molar-refractivity contribution < 1.29 is 4.74 Å². The fourth-order valence-electron chi connectivity index (χ4n) is 3.15. The molecule has 100 valence electrons. The molecule has 0 amide bonds. The summed E-state index contributed by atoms with van der Waals surface area (Å²) in [6, 6.07) is 0.657. The van der Waals surface area contributed by atoms with E-state index >= 15 is 0 Å². The van der Waals surface area contributed by atoms with Gasteiger partial charge < -0.3 is 19.9 Å². The summed E-state index contributed by atoms with van der Waals surface area (Å²) in [7, 11) is 6.64. The molecule has 0 saturated carbocycles. The number of nitrogens with one attached hydrogen (secondary N) is 1. The van der Waals surface area contributed by atoms with Crippen LogP contribution in [0.2, 0.25) is 0 Å². The fourth-order valence-corrected chi connectivity index (χ4v) is 3.15. The van der Waals surface area contributed by atoms with E-state index in [1.165, 1.54) is 25.9 Å². The van der Waals surface area contributed by atoms with E-state index in [1.54, 1.807) is 0 Å². The van der Waals surface area contributed by atoms with Gasteiger partial charge in [-0.3, -0.25) is 0 Å². The number of hydrogen-bond acceptors (Lipinski definition) is 4. The number of likely N-dealkylation sites (tertiary alicyclic amines) is 1. The SMILES string of the molecule is CN1CCC(C(CC2CNCCO2)N(C)C)C1. The molecule has 2 aliphatic rings. The molecule has 4 nitrogen and oxygen atoms in total. The van der Waals surface area contributed by atoms with Crippen molar-refractivity contribution in [2.75, 3.05) is 53.9 Å². The molecule has 3 unspecified atom stereocenters. The minimum absolute atomic E-state index is 0.405. The van der Waals surface area contributed by atoms with Crippen LogP contribution in [0.5, 0.6) is 0 Å². The number of hydrogen-bond donors (Lipinski definition) is 1. The van der Waals surface area contributed by atoms with Gasteiger partial charge >= 0.3 is 0 Å². The van der Waals surface area contributed by atoms with E-state index in [-0.39, 0.29) is 0 Å². The van der Waals surface area contributed by atoms with Crippen molar-refractivity contribution >= 4 is 0 Å². The summed E-state index contributed by atoms with van der Waals surface area (Å²) in [5.74, 6) is 0.806. The Morgan fingerprint density at radius 3 is 2.82 bits per heavy atom. The molecule has 2 fully saturated rings. The summed E-state index contributed by atoms with van der Waals surface area (Å²) in [4.78, 5) is 4.84. The van der Waals surface area contributed by atoms with Gasteiger partial charge in [-0.2, -0.15) is 0 Å². The van der Waals surface area contributed by atoms with E-state index in [9.17, 15) is 0 Å². The lowest BCUT2D eigenvalue weighted by Gasteiger charge is -2.34. The highest BCUT2D eigenvalue weighted by Gasteiger charge is 2.31. The Morgan fingerprint density at radius 2 is 2.29 bits per heavy atom. The lowest BCUT2D eigenvalue weighted by atomic mass is 9.92. The van der Waals surface area contributed by atoms with Crippen LogP contribution in [-0.4, -0.2) is 75.9 Å². The first kappa shape index (κ1) is 13.3. The zero-order valence-electron chi connectivity index (χ0n) is 11.5. The monoisotopic (exact) mass is 241 g/mol. The number of ether oxygens (including phenoxy) is 1. The predicted octanol–water partition coefficient (Wildman–Crippen LogP) is 0.247. The van der Waals surface area contributed by atoms with Gasteiger partial charge in [-0.25, -0.2) is 0 Å². The van der Waals surface area contributed by atoms with Crippen molar-refractivity contribution in [2.24, 2.45) is 5.92 Å². The number of nitrogens with zero attached hydrogens (tertiary/aromatic N) is 2. The van der Waals surface area contributed by atoms with Crippen molar-refractivity contribution in [3.63, 3.8) is 0 Å². The lowest BCUT2D eigenvalue weighted by Crippen LogP contribution is -2.45. The molecule has 0 aromatic rings. The van der Waals surface area contributed by atoms with Crippen molar-refractivity contribution in [3.05, 3.63) is 0 Å². The van der Waals surface area contributed by atoms with Crippen molar-refractivity contribution in [1.29, 1.82) is 0 Å². The first-order valence-corrected chi connectivity index (χ1v) is 6.84. The third-order valence-corrected chi connectivity index (χ3v) is 4.14. The second-order valence-electron chi connectivity index (χ2n) is 5.77. The van der Waals surface area contributed by atoms with Gasteiger partial charge in [0.2, 0.25) is 0 Å². The van der Waals surface area contributed by atoms with Crippen LogP contribution in [0, 0.1) is 5.92 Å². The highest BCUT2D eigenvalue weighted by Crippen LogP contribution is 2.25. The molecule has 2 rings (SSSR count). The van der Waals surface area contributed by atoms with Gasteiger partial charge in [-0.1, -0.05) is 0 Å². The Morgan fingerprint density at radius 1 is 1.47 bits per heavy atom. The molecule has 1 N–H and O–H groups in total. The normalized spacial score (nSPS) is 33.2. The van der Waals surface area contributed by atoms with Crippen molar-refractivity contribution in [2.45, 2.75) is 25.0 Å². The third-order valence-electron chi connectivity index (χ3n) is 4.14. The average Bonchev–Trinajstić information content (AvgIpc) is 2.73. The van der Waals surface area contributed by atoms with Gasteiger partial charge in [0.15, 0.2) is 0 Å². The summed E-state index contributed by atoms with van der Waals surface area (Å²) >= 11 is 0. The zero-order chi connectivity index (χ0) is 12.3. The number of morpholine rings is 1. The minimum atomic E-state index is 0.405. The van der Waals surface area contributed by atoms with Crippen molar-refractivity contribution in [1.82, 2.24) is 15.1 Å². The molecule has 0 spiro atoms. The topological polar surface area (TPSA) is 27.7 Å². The van der Waals surface area contributed by atoms with Crippen LogP contribution in [0.15, 0.2) is 0 Å². The average molecular weight is 241 g/mol. The smallest absolute Gasteiger partial charge is 0.0715 e. The minimum Gasteiger partial charge on any atom is -0.376 e. The Labute approximate surface area is 105 Å². The lowest BCUT2D eigenvalue weighted by molar-refractivity contribution is 0.00229. The van der Waals surface area contributed by atoms with E-state index in [1.807, 2.05) is 0 Å². The van der Waals surface area contributed by atoms with Crippen LogP contribution in [-0.2, 0) is 4.74 Å². The number of rotatable bonds is 4. The second kappa shape index (κ2) is 6.14. The second-order valence-corrected chi connectivity index (χ2v) is 5.77. The van der Waals surface area contributed by atoms with E-state index in [2.05, 4.69) is 36.3 Å². The summed E-state index contributed by atoms with van der Waals surface area (Å²) in [6.07, 6.45) is 2.90. The molecule has 0 aliphatic carbocycles. The van der Waals surface area contributed by atoms with Crippen LogP contribution in [0.3, 0.4) is 0 Å². The summed E-state index contributed by atoms with van der Waals surface area (Å²) < 4.78 is 5.84. The molecule has 2 saturated heterocycles. The quantitative estimate of drug-likeness (QED) is 0.763. The molecule has 3 atom stereocenters. The van der Waals surface area contributed by atoms with E-state index in [4.69, 9.17) is 4.74 Å². The van der Waals surface area contributed by atoms with Crippen LogP contribution >= 0.6 is 0 Å². The van der Waals surface area contributed by atoms with Gasteiger partial charge in [0.05, 0.1) is 12.7 Å². The van der Waals surface area contributed by atoms with E-state index < -0.39 is 0 Å². The standard InChI is InChI=1S/C13H27N3O/c1-15(2)13(11-4-6-16(3)10-11)8-12-9-14-5-7-17-12/h11-14H,4-10H2,1-3H3. The third kappa shape index (κ3) is 3.65. The molecule has 0 aromatic heterocycles. The van der Waals surface area contributed by atoms with E-state index in [0.29, 0.717) is 12.1 Å². The highest BCUT2D eigenvalue weighted by atomic mass is 16.5. The first-order chi connectivity index (χ1) is 8.16. The molecular weight excluding hydrogens is 214 g/mol. The molecule has 0 radical (unpaired) electrons. The van der Waals surface area contributed by atoms with Gasteiger partial charge in [0.25, 0.3) is 0 Å². The van der Waals surface area contributed by atoms with Crippen LogP contribution < -0.4 is 5.32 Å². The Hall–Kier alpha value is -0.160. The Balaban J connectivity index is 1.87. The maximum atomic E-state index is 5.84. The maximum absolute atomic E-state index is 5.84. The van der Waals surface area contributed by atoms with E-state index in [0.717, 1.165) is 25.6 Å². The Bertz CT molecular complexity index is 229. The largest absolute Gasteiger partial charge is 0.376 e. The summed E-state index contributed by atoms with van der Waals surface area (Å²) in [5, 5.41) is 3.42. The summed E-state index contributed by atoms with van der Waals surface area (Å²) in [6.45, 7) is 5.39. The molecule has 0 bridgehead atoms. The molecule has 0 aromatic carbocycles. The van der Waals surface area contributed by atoms with Gasteiger partial charge in [0, 0.05) is 25.7 Å². The van der Waals surface area contributed by atoms with Crippen LogP contribution in [0.1, 0.15) is 12.8 Å². The van der Waals surface area contributed by atoms with Gasteiger partial charge in [0.1, 0.15) is 0 Å². The van der Waals surface area contributed by atoms with Gasteiger partial charge in [-0.05, 0) is 46.4 Å². The first-order valence-electron chi connectivity index (χ1n) is 6.84. The van der Waals surface area contributed by atoms with Crippen LogP contribution in [0.4, 0.5) is 0 Å². The molecule has 2 heterocycles. The molecule has 17 heavy (non-hydrogen) atoms. The Kier molecular flexibility index (Phi) is 4.79. The molecule has 2 aliphatic heterocycles. The fraction of sp³-hybridized carbons (Fsp3) is 1.00.